The van der Waals surface area contributed by atoms with E-state index in [1.54, 1.807) is 23.7 Å². The molecule has 4 heterocycles. The van der Waals surface area contributed by atoms with Gasteiger partial charge >= 0.3 is 0 Å². The Bertz CT molecular complexity index is 1210. The highest BCUT2D eigenvalue weighted by Crippen LogP contribution is 2.36. The van der Waals surface area contributed by atoms with Crippen LogP contribution in [-0.4, -0.2) is 79.0 Å². The van der Waals surface area contributed by atoms with E-state index in [0.29, 0.717) is 35.3 Å². The molecule has 2 fully saturated rings. The highest BCUT2D eigenvalue weighted by Gasteiger charge is 2.38. The van der Waals surface area contributed by atoms with Gasteiger partial charge in [-0.3, -0.25) is 14.4 Å². The number of benzene rings is 1. The first-order valence-corrected chi connectivity index (χ1v) is 12.3. The van der Waals surface area contributed by atoms with E-state index in [0.717, 1.165) is 55.2 Å². The number of aliphatic hydroxyl groups excluding tert-OH is 1. The third-order valence-corrected chi connectivity index (χ3v) is 7.25. The van der Waals surface area contributed by atoms with Crippen molar-refractivity contribution in [3.63, 3.8) is 0 Å². The van der Waals surface area contributed by atoms with Crippen LogP contribution < -0.4 is 10.3 Å². The van der Waals surface area contributed by atoms with E-state index in [1.807, 2.05) is 25.1 Å². The molecule has 2 aliphatic heterocycles. The van der Waals surface area contributed by atoms with E-state index in [1.165, 1.54) is 0 Å². The third kappa shape index (κ3) is 4.28. The summed E-state index contributed by atoms with van der Waals surface area (Å²) in [4.78, 5) is 24.1. The van der Waals surface area contributed by atoms with Crippen LogP contribution in [0, 0.1) is 0 Å². The lowest BCUT2D eigenvalue weighted by Crippen LogP contribution is -2.65. The van der Waals surface area contributed by atoms with Gasteiger partial charge in [-0.2, -0.15) is 5.10 Å². The van der Waals surface area contributed by atoms with Gasteiger partial charge in [0.05, 0.1) is 24.0 Å². The van der Waals surface area contributed by atoms with Crippen molar-refractivity contribution < 1.29 is 9.84 Å². The van der Waals surface area contributed by atoms with Gasteiger partial charge in [0.15, 0.2) is 5.52 Å². The number of aromatic nitrogens is 4. The standard InChI is InChI=1S/C23H30N6O3S/c1-4-6-18-20-21(27(3)26-18)23(31)25-22(24-20)17-9-16(7-8-19(17)32-5-2)33-29-10-14(11-29)28-12-15(30)13-28/h7-9,14-15,30H,4-6,10-13H2,1-3H3,(H,24,25,31). The number of aliphatic hydroxyl groups is 1. The molecule has 0 saturated carbocycles. The predicted octanol–water partition coefficient (Wildman–Crippen LogP) is 2.04. The summed E-state index contributed by atoms with van der Waals surface area (Å²) < 4.78 is 9.80. The Kier molecular flexibility index (Phi) is 6.17. The molecule has 2 saturated heterocycles. The summed E-state index contributed by atoms with van der Waals surface area (Å²) in [7, 11) is 1.78. The van der Waals surface area contributed by atoms with Crippen LogP contribution in [0.1, 0.15) is 26.0 Å². The van der Waals surface area contributed by atoms with Crippen molar-refractivity contribution in [1.29, 1.82) is 0 Å². The number of β-amino-alcohol motifs (C(OH)–C–C–N with tert-alkyl or cyclic N) is 1. The molecule has 9 nitrogen and oxygen atoms in total. The van der Waals surface area contributed by atoms with Crippen LogP contribution in [-0.2, 0) is 13.5 Å². The monoisotopic (exact) mass is 470 g/mol. The van der Waals surface area contributed by atoms with Gasteiger partial charge in [0.2, 0.25) is 0 Å². The number of rotatable bonds is 8. The molecule has 2 aromatic heterocycles. The molecule has 10 heteroatoms. The zero-order valence-electron chi connectivity index (χ0n) is 19.2. The maximum atomic E-state index is 12.9. The van der Waals surface area contributed by atoms with Gasteiger partial charge < -0.3 is 14.8 Å². The lowest BCUT2D eigenvalue weighted by molar-refractivity contribution is -0.0513. The normalized spacial score (nSPS) is 17.9. The average molecular weight is 471 g/mol. The number of nitrogens with one attached hydrogen (secondary N) is 1. The zero-order chi connectivity index (χ0) is 23.1. The largest absolute Gasteiger partial charge is 0.493 e. The van der Waals surface area contributed by atoms with Gasteiger partial charge in [-0.25, -0.2) is 9.29 Å². The molecule has 0 radical (unpaired) electrons. The quantitative estimate of drug-likeness (QED) is 0.483. The number of aromatic amines is 1. The molecule has 0 amide bonds. The van der Waals surface area contributed by atoms with Crippen LogP contribution in [0.2, 0.25) is 0 Å². The van der Waals surface area contributed by atoms with Crippen molar-refractivity contribution in [1.82, 2.24) is 29.0 Å². The average Bonchev–Trinajstić information content (AvgIpc) is 3.05. The van der Waals surface area contributed by atoms with Gasteiger partial charge in [-0.15, -0.1) is 0 Å². The Labute approximate surface area is 196 Å². The minimum absolute atomic E-state index is 0.162. The number of hydrogen-bond acceptors (Lipinski definition) is 8. The summed E-state index contributed by atoms with van der Waals surface area (Å²) in [6, 6.07) is 6.55. The van der Waals surface area contributed by atoms with E-state index in [9.17, 15) is 9.90 Å². The van der Waals surface area contributed by atoms with Crippen LogP contribution in [0.4, 0.5) is 0 Å². The zero-order valence-corrected chi connectivity index (χ0v) is 20.1. The SMILES string of the molecule is CCCc1nn(C)c2c(=O)[nH]c(-c3cc(SN4CC(N5CC(O)C5)C4)ccc3OCC)nc12. The van der Waals surface area contributed by atoms with E-state index in [4.69, 9.17) is 9.72 Å². The van der Waals surface area contributed by atoms with Crippen LogP contribution in [0.5, 0.6) is 5.75 Å². The molecule has 5 rings (SSSR count). The lowest BCUT2D eigenvalue weighted by Gasteiger charge is -2.50. The number of fused-ring (bicyclic) bond motifs is 1. The van der Waals surface area contributed by atoms with Gasteiger partial charge in [0.25, 0.3) is 5.56 Å². The molecule has 33 heavy (non-hydrogen) atoms. The van der Waals surface area contributed by atoms with Crippen molar-refractivity contribution in [3.8, 4) is 17.1 Å². The number of aryl methyl sites for hydroxylation is 2. The molecule has 0 atom stereocenters. The Morgan fingerprint density at radius 2 is 2.03 bits per heavy atom. The fourth-order valence-electron chi connectivity index (χ4n) is 4.47. The molecule has 2 N–H and O–H groups in total. The van der Waals surface area contributed by atoms with Crippen LogP contribution in [0.25, 0.3) is 22.4 Å². The smallest absolute Gasteiger partial charge is 0.277 e. The van der Waals surface area contributed by atoms with Gasteiger partial charge in [-0.05, 0) is 43.5 Å². The first-order chi connectivity index (χ1) is 16.0. The number of hydrogen-bond donors (Lipinski definition) is 2. The van der Waals surface area contributed by atoms with Crippen LogP contribution in [0.15, 0.2) is 27.9 Å². The Balaban J connectivity index is 1.43. The Hall–Kier alpha value is -2.40. The summed E-state index contributed by atoms with van der Waals surface area (Å²) in [6.45, 7) is 8.06. The molecular weight excluding hydrogens is 440 g/mol. The van der Waals surface area contributed by atoms with Crippen molar-refractivity contribution in [3.05, 3.63) is 34.2 Å². The second-order valence-electron chi connectivity index (χ2n) is 8.72. The second-order valence-corrected chi connectivity index (χ2v) is 9.89. The molecule has 176 valence electrons. The van der Waals surface area contributed by atoms with Crippen LogP contribution >= 0.6 is 11.9 Å². The molecule has 0 aliphatic carbocycles. The molecular formula is C23H30N6O3S. The first-order valence-electron chi connectivity index (χ1n) is 11.5. The number of ether oxygens (including phenoxy) is 1. The van der Waals surface area contributed by atoms with Gasteiger partial charge in [-0.1, -0.05) is 13.3 Å². The van der Waals surface area contributed by atoms with Crippen molar-refractivity contribution >= 4 is 23.0 Å². The molecule has 0 spiro atoms. The fourth-order valence-corrected chi connectivity index (χ4v) is 5.56. The molecule has 3 aromatic rings. The molecule has 1 aromatic carbocycles. The Morgan fingerprint density at radius 3 is 2.73 bits per heavy atom. The van der Waals surface area contributed by atoms with E-state index < -0.39 is 0 Å². The predicted molar refractivity (Wildman–Crippen MR) is 129 cm³/mol. The first kappa shape index (κ1) is 22.4. The van der Waals surface area contributed by atoms with Crippen molar-refractivity contribution in [2.24, 2.45) is 7.05 Å². The lowest BCUT2D eigenvalue weighted by atomic mass is 10.0. The maximum absolute atomic E-state index is 12.9. The topological polar surface area (TPSA) is 99.5 Å². The van der Waals surface area contributed by atoms with E-state index in [-0.39, 0.29) is 11.7 Å². The number of nitrogens with zero attached hydrogens (tertiary/aromatic N) is 5. The van der Waals surface area contributed by atoms with Crippen LogP contribution in [0.3, 0.4) is 0 Å². The van der Waals surface area contributed by atoms with Crippen molar-refractivity contribution in [2.75, 3.05) is 32.8 Å². The summed E-state index contributed by atoms with van der Waals surface area (Å²) in [5, 5.41) is 14.0. The number of likely N-dealkylation sites (tertiary alicyclic amines) is 1. The molecule has 0 unspecified atom stereocenters. The second kappa shape index (κ2) is 9.09. The summed E-state index contributed by atoms with van der Waals surface area (Å²) >= 11 is 1.70. The maximum Gasteiger partial charge on any atom is 0.277 e. The van der Waals surface area contributed by atoms with Gasteiger partial charge in [0.1, 0.15) is 17.1 Å². The number of H-pyrrole nitrogens is 1. The van der Waals surface area contributed by atoms with E-state index >= 15 is 0 Å². The minimum atomic E-state index is -0.199. The highest BCUT2D eigenvalue weighted by atomic mass is 32.2. The molecule has 2 aliphatic rings. The van der Waals surface area contributed by atoms with E-state index in [2.05, 4.69) is 26.2 Å². The summed E-state index contributed by atoms with van der Waals surface area (Å²) in [6.07, 6.45) is 1.54. The Morgan fingerprint density at radius 1 is 1.24 bits per heavy atom. The highest BCUT2D eigenvalue weighted by molar-refractivity contribution is 7.97. The summed E-state index contributed by atoms with van der Waals surface area (Å²) in [5.41, 5.74) is 2.56. The minimum Gasteiger partial charge on any atom is -0.493 e. The fraction of sp³-hybridized carbons (Fsp3) is 0.522. The third-order valence-electron chi connectivity index (χ3n) is 6.23. The summed E-state index contributed by atoms with van der Waals surface area (Å²) in [5.74, 6) is 1.20. The van der Waals surface area contributed by atoms with Crippen molar-refractivity contribution in [2.45, 2.75) is 43.7 Å². The molecule has 0 bridgehead atoms. The van der Waals surface area contributed by atoms with Gasteiger partial charge in [0, 0.05) is 44.2 Å².